The van der Waals surface area contributed by atoms with E-state index in [0.717, 1.165) is 22.4 Å². The first kappa shape index (κ1) is 17.9. The molecule has 0 saturated heterocycles. The van der Waals surface area contributed by atoms with Crippen LogP contribution in [0.3, 0.4) is 0 Å². The topological polar surface area (TPSA) is 42.0 Å². The van der Waals surface area contributed by atoms with Crippen LogP contribution in [-0.4, -0.2) is 10.9 Å². The van der Waals surface area contributed by atoms with E-state index in [-0.39, 0.29) is 5.91 Å². The van der Waals surface area contributed by atoms with Gasteiger partial charge in [0.15, 0.2) is 5.13 Å². The second-order valence-corrected chi connectivity index (χ2v) is 7.49. The van der Waals surface area contributed by atoms with Crippen molar-refractivity contribution in [3.05, 3.63) is 68.5 Å². The normalized spacial score (nSPS) is 10.7. The van der Waals surface area contributed by atoms with Crippen LogP contribution in [0.2, 0.25) is 10.0 Å². The first-order chi connectivity index (χ1) is 11.9. The number of rotatable bonds is 4. The predicted octanol–water partition coefficient (Wildman–Crippen LogP) is 5.91. The minimum atomic E-state index is -0.0815. The Morgan fingerprint density at radius 3 is 2.64 bits per heavy atom. The number of carbonyl (C=O) groups excluding carboxylic acids is 1. The number of nitrogens with zero attached hydrogens (tertiary/aromatic N) is 1. The number of anilines is 1. The molecule has 3 aromatic rings. The monoisotopic (exact) mass is 390 g/mol. The van der Waals surface area contributed by atoms with Gasteiger partial charge < -0.3 is 5.32 Å². The number of thiazole rings is 1. The van der Waals surface area contributed by atoms with Crippen molar-refractivity contribution in [2.24, 2.45) is 0 Å². The van der Waals surface area contributed by atoms with E-state index in [1.807, 2.05) is 37.4 Å². The molecule has 0 bridgehead atoms. The standard InChI is InChI=1S/C19H16Cl2N2OS/c1-11-3-4-13(12(2)7-11)9-18(24)23-19-22-17(10-25-19)14-5-6-15(20)16(21)8-14/h3-8,10H,9H2,1-2H3,(H,22,23,24). The molecule has 25 heavy (non-hydrogen) atoms. The summed E-state index contributed by atoms with van der Waals surface area (Å²) < 4.78 is 0. The number of halogens is 2. The molecule has 2 aromatic carbocycles. The van der Waals surface area contributed by atoms with Crippen molar-refractivity contribution >= 4 is 45.6 Å². The molecule has 0 saturated carbocycles. The van der Waals surface area contributed by atoms with Gasteiger partial charge in [0.2, 0.25) is 5.91 Å². The minimum Gasteiger partial charge on any atom is -0.302 e. The number of amides is 1. The average Bonchev–Trinajstić information content (AvgIpc) is 3.01. The number of aryl methyl sites for hydroxylation is 2. The lowest BCUT2D eigenvalue weighted by molar-refractivity contribution is -0.115. The first-order valence-corrected chi connectivity index (χ1v) is 9.33. The van der Waals surface area contributed by atoms with Crippen LogP contribution in [0.15, 0.2) is 41.8 Å². The summed E-state index contributed by atoms with van der Waals surface area (Å²) in [6.07, 6.45) is 0.327. The molecule has 3 rings (SSSR count). The second kappa shape index (κ2) is 7.56. The molecule has 0 atom stereocenters. The zero-order chi connectivity index (χ0) is 18.0. The molecule has 0 aliphatic rings. The van der Waals surface area contributed by atoms with Gasteiger partial charge in [-0.3, -0.25) is 4.79 Å². The van der Waals surface area contributed by atoms with E-state index in [4.69, 9.17) is 23.2 Å². The van der Waals surface area contributed by atoms with Crippen LogP contribution < -0.4 is 5.32 Å². The van der Waals surface area contributed by atoms with Gasteiger partial charge in [0.05, 0.1) is 22.2 Å². The van der Waals surface area contributed by atoms with E-state index in [2.05, 4.69) is 16.4 Å². The number of benzene rings is 2. The summed E-state index contributed by atoms with van der Waals surface area (Å²) in [5.41, 5.74) is 4.94. The average molecular weight is 391 g/mol. The quantitative estimate of drug-likeness (QED) is 0.600. The zero-order valence-corrected chi connectivity index (χ0v) is 16.1. The van der Waals surface area contributed by atoms with E-state index in [1.165, 1.54) is 16.9 Å². The summed E-state index contributed by atoms with van der Waals surface area (Å²) in [4.78, 5) is 16.7. The maximum atomic E-state index is 12.3. The molecule has 0 spiro atoms. The number of aromatic nitrogens is 1. The van der Waals surface area contributed by atoms with Crippen molar-refractivity contribution in [1.82, 2.24) is 4.98 Å². The van der Waals surface area contributed by atoms with Gasteiger partial charge in [0, 0.05) is 10.9 Å². The summed E-state index contributed by atoms with van der Waals surface area (Å²) in [7, 11) is 0. The first-order valence-electron chi connectivity index (χ1n) is 7.69. The molecule has 0 aliphatic heterocycles. The number of hydrogen-bond acceptors (Lipinski definition) is 3. The van der Waals surface area contributed by atoms with Crippen molar-refractivity contribution in [3.8, 4) is 11.3 Å². The van der Waals surface area contributed by atoms with Crippen molar-refractivity contribution < 1.29 is 4.79 Å². The summed E-state index contributed by atoms with van der Waals surface area (Å²) in [6.45, 7) is 4.05. The lowest BCUT2D eigenvalue weighted by Gasteiger charge is -2.06. The Morgan fingerprint density at radius 2 is 1.92 bits per heavy atom. The van der Waals surface area contributed by atoms with Gasteiger partial charge in [-0.15, -0.1) is 11.3 Å². The van der Waals surface area contributed by atoms with Crippen LogP contribution in [0.25, 0.3) is 11.3 Å². The Bertz CT molecular complexity index is 937. The third-order valence-corrected chi connectivity index (χ3v) is 5.31. The fourth-order valence-corrected chi connectivity index (χ4v) is 3.53. The smallest absolute Gasteiger partial charge is 0.230 e. The third kappa shape index (κ3) is 4.40. The molecule has 3 nitrogen and oxygen atoms in total. The zero-order valence-electron chi connectivity index (χ0n) is 13.8. The van der Waals surface area contributed by atoms with Crippen LogP contribution in [-0.2, 0) is 11.2 Å². The van der Waals surface area contributed by atoms with Crippen LogP contribution >= 0.6 is 34.5 Å². The highest BCUT2D eigenvalue weighted by Gasteiger charge is 2.11. The minimum absolute atomic E-state index is 0.0815. The SMILES string of the molecule is Cc1ccc(CC(=O)Nc2nc(-c3ccc(Cl)c(Cl)c3)cs2)c(C)c1. The summed E-state index contributed by atoms with van der Waals surface area (Å²) >= 11 is 13.4. The van der Waals surface area contributed by atoms with E-state index in [9.17, 15) is 4.79 Å². The van der Waals surface area contributed by atoms with Gasteiger partial charge in [-0.1, -0.05) is 53.0 Å². The number of carbonyl (C=O) groups is 1. The van der Waals surface area contributed by atoms with Crippen LogP contribution in [0.4, 0.5) is 5.13 Å². The molecule has 128 valence electrons. The van der Waals surface area contributed by atoms with Gasteiger partial charge in [-0.25, -0.2) is 4.98 Å². The van der Waals surface area contributed by atoms with E-state index in [0.29, 0.717) is 21.6 Å². The van der Waals surface area contributed by atoms with Gasteiger partial charge >= 0.3 is 0 Å². The van der Waals surface area contributed by atoms with Crippen LogP contribution in [0.5, 0.6) is 0 Å². The lowest BCUT2D eigenvalue weighted by atomic mass is 10.0. The Morgan fingerprint density at radius 1 is 1.12 bits per heavy atom. The van der Waals surface area contributed by atoms with Gasteiger partial charge in [0.25, 0.3) is 0 Å². The molecule has 0 aliphatic carbocycles. The van der Waals surface area contributed by atoms with Crippen molar-refractivity contribution in [2.75, 3.05) is 5.32 Å². The highest BCUT2D eigenvalue weighted by atomic mass is 35.5. The van der Waals surface area contributed by atoms with E-state index < -0.39 is 0 Å². The molecule has 1 N–H and O–H groups in total. The molecule has 6 heteroatoms. The highest BCUT2D eigenvalue weighted by molar-refractivity contribution is 7.14. The third-order valence-electron chi connectivity index (χ3n) is 3.82. The molecule has 0 fully saturated rings. The molecule has 0 unspecified atom stereocenters. The molecule has 1 amide bonds. The second-order valence-electron chi connectivity index (χ2n) is 5.82. The largest absolute Gasteiger partial charge is 0.302 e. The van der Waals surface area contributed by atoms with Crippen LogP contribution in [0.1, 0.15) is 16.7 Å². The summed E-state index contributed by atoms with van der Waals surface area (Å²) in [5.74, 6) is -0.0815. The maximum absolute atomic E-state index is 12.3. The lowest BCUT2D eigenvalue weighted by Crippen LogP contribution is -2.14. The Kier molecular flexibility index (Phi) is 5.42. The van der Waals surface area contributed by atoms with E-state index >= 15 is 0 Å². The van der Waals surface area contributed by atoms with Crippen LogP contribution in [0, 0.1) is 13.8 Å². The van der Waals surface area contributed by atoms with Gasteiger partial charge in [-0.2, -0.15) is 0 Å². The number of hydrogen-bond donors (Lipinski definition) is 1. The predicted molar refractivity (Wildman–Crippen MR) is 106 cm³/mol. The molecule has 1 aromatic heterocycles. The fraction of sp³-hybridized carbons (Fsp3) is 0.158. The molecule has 0 radical (unpaired) electrons. The molecule has 1 heterocycles. The molecular formula is C19H16Cl2N2OS. The van der Waals surface area contributed by atoms with Crippen molar-refractivity contribution in [1.29, 1.82) is 0 Å². The number of nitrogens with one attached hydrogen (secondary N) is 1. The van der Waals surface area contributed by atoms with Crippen molar-refractivity contribution in [3.63, 3.8) is 0 Å². The van der Waals surface area contributed by atoms with Crippen molar-refractivity contribution in [2.45, 2.75) is 20.3 Å². The Hall–Kier alpha value is -1.88. The van der Waals surface area contributed by atoms with Gasteiger partial charge in [0.1, 0.15) is 0 Å². The van der Waals surface area contributed by atoms with Gasteiger partial charge in [-0.05, 0) is 37.1 Å². The summed E-state index contributed by atoms with van der Waals surface area (Å²) in [6, 6.07) is 11.4. The Balaban J connectivity index is 1.70. The highest BCUT2D eigenvalue weighted by Crippen LogP contribution is 2.30. The molecular weight excluding hydrogens is 375 g/mol. The fourth-order valence-electron chi connectivity index (χ4n) is 2.50. The summed E-state index contributed by atoms with van der Waals surface area (Å²) in [5, 5.41) is 6.29. The Labute approximate surface area is 160 Å². The van der Waals surface area contributed by atoms with E-state index in [1.54, 1.807) is 12.1 Å². The maximum Gasteiger partial charge on any atom is 0.230 e.